The maximum atomic E-state index is 3.90. The highest BCUT2D eigenvalue weighted by Gasteiger charge is 2.37. The van der Waals surface area contributed by atoms with E-state index in [1.807, 2.05) is 0 Å². The molecule has 3 unspecified atom stereocenters. The summed E-state index contributed by atoms with van der Waals surface area (Å²) in [6, 6.07) is 1.59. The summed E-state index contributed by atoms with van der Waals surface area (Å²) in [6.07, 6.45) is 11.6. The molecule has 0 amide bonds. The molecule has 2 N–H and O–H groups in total. The third-order valence-corrected chi connectivity index (χ3v) is 5.29. The number of rotatable bonds is 4. The first kappa shape index (κ1) is 12.0. The lowest BCUT2D eigenvalue weighted by molar-refractivity contribution is 0.173. The number of piperidine rings is 1. The van der Waals surface area contributed by atoms with Crippen molar-refractivity contribution in [3.8, 4) is 0 Å². The van der Waals surface area contributed by atoms with Gasteiger partial charge in [-0.15, -0.1) is 0 Å². The maximum Gasteiger partial charge on any atom is 0.0195 e. The van der Waals surface area contributed by atoms with Gasteiger partial charge in [-0.05, 0) is 49.9 Å². The van der Waals surface area contributed by atoms with Crippen LogP contribution in [0.1, 0.15) is 58.3 Å². The SMILES string of the molecule is CC1(CNCC2CCC3CCCCC3N2)CC1. The monoisotopic (exact) mass is 236 g/mol. The molecule has 2 saturated carbocycles. The molecule has 2 heteroatoms. The van der Waals surface area contributed by atoms with E-state index in [1.165, 1.54) is 64.5 Å². The van der Waals surface area contributed by atoms with Crippen molar-refractivity contribution in [2.45, 2.75) is 70.4 Å². The molecule has 2 aliphatic carbocycles. The van der Waals surface area contributed by atoms with Gasteiger partial charge in [-0.2, -0.15) is 0 Å². The van der Waals surface area contributed by atoms with E-state index in [4.69, 9.17) is 0 Å². The van der Waals surface area contributed by atoms with Gasteiger partial charge in [0.2, 0.25) is 0 Å². The fourth-order valence-corrected chi connectivity index (χ4v) is 3.67. The Morgan fingerprint density at radius 2 is 1.94 bits per heavy atom. The summed E-state index contributed by atoms with van der Waals surface area (Å²) < 4.78 is 0. The van der Waals surface area contributed by atoms with Gasteiger partial charge in [0.05, 0.1) is 0 Å². The normalized spacial score (nSPS) is 39.7. The van der Waals surface area contributed by atoms with E-state index < -0.39 is 0 Å². The fourth-order valence-electron chi connectivity index (χ4n) is 3.67. The molecule has 1 aliphatic heterocycles. The van der Waals surface area contributed by atoms with E-state index in [-0.39, 0.29) is 0 Å². The van der Waals surface area contributed by atoms with Crippen molar-refractivity contribution in [2.24, 2.45) is 11.3 Å². The average Bonchev–Trinajstić information content (AvgIpc) is 3.07. The molecule has 0 aromatic heterocycles. The van der Waals surface area contributed by atoms with Crippen LogP contribution in [0.25, 0.3) is 0 Å². The minimum atomic E-state index is 0.655. The summed E-state index contributed by atoms with van der Waals surface area (Å²) in [4.78, 5) is 0. The van der Waals surface area contributed by atoms with Crippen molar-refractivity contribution >= 4 is 0 Å². The molecular formula is C15H28N2. The fraction of sp³-hybridized carbons (Fsp3) is 1.00. The second-order valence-electron chi connectivity index (χ2n) is 7.03. The molecule has 3 fully saturated rings. The van der Waals surface area contributed by atoms with Crippen molar-refractivity contribution in [3.05, 3.63) is 0 Å². The predicted octanol–water partition coefficient (Wildman–Crippen LogP) is 2.69. The first-order valence-corrected chi connectivity index (χ1v) is 7.72. The summed E-state index contributed by atoms with van der Waals surface area (Å²) in [6.45, 7) is 4.84. The summed E-state index contributed by atoms with van der Waals surface area (Å²) in [5.74, 6) is 1.00. The minimum Gasteiger partial charge on any atom is -0.315 e. The standard InChI is InChI=1S/C15H28N2/c1-15(8-9-15)11-16-10-13-7-6-12-4-2-3-5-14(12)17-13/h12-14,16-17H,2-11H2,1H3. The van der Waals surface area contributed by atoms with Gasteiger partial charge in [0.25, 0.3) is 0 Å². The number of hydrogen-bond donors (Lipinski definition) is 2. The molecule has 0 radical (unpaired) electrons. The molecule has 17 heavy (non-hydrogen) atoms. The van der Waals surface area contributed by atoms with Gasteiger partial charge in [-0.3, -0.25) is 0 Å². The molecule has 3 rings (SSSR count). The quantitative estimate of drug-likeness (QED) is 0.784. The minimum absolute atomic E-state index is 0.655. The van der Waals surface area contributed by atoms with Crippen LogP contribution in [0.3, 0.4) is 0 Å². The third kappa shape index (κ3) is 3.03. The Morgan fingerprint density at radius 3 is 2.76 bits per heavy atom. The lowest BCUT2D eigenvalue weighted by Crippen LogP contribution is -2.52. The maximum absolute atomic E-state index is 3.90. The largest absolute Gasteiger partial charge is 0.315 e. The predicted molar refractivity (Wildman–Crippen MR) is 72.1 cm³/mol. The van der Waals surface area contributed by atoms with E-state index in [2.05, 4.69) is 17.6 Å². The van der Waals surface area contributed by atoms with E-state index >= 15 is 0 Å². The average molecular weight is 236 g/mol. The third-order valence-electron chi connectivity index (χ3n) is 5.29. The van der Waals surface area contributed by atoms with Gasteiger partial charge in [0.15, 0.2) is 0 Å². The van der Waals surface area contributed by atoms with Crippen molar-refractivity contribution in [2.75, 3.05) is 13.1 Å². The first-order valence-electron chi connectivity index (χ1n) is 7.72. The van der Waals surface area contributed by atoms with E-state index in [0.29, 0.717) is 5.41 Å². The number of fused-ring (bicyclic) bond motifs is 1. The van der Waals surface area contributed by atoms with Crippen LogP contribution in [0, 0.1) is 11.3 Å². The Bertz CT molecular complexity index is 260. The van der Waals surface area contributed by atoms with Crippen LogP contribution in [-0.4, -0.2) is 25.2 Å². The van der Waals surface area contributed by atoms with Crippen molar-refractivity contribution in [1.29, 1.82) is 0 Å². The van der Waals surface area contributed by atoms with Gasteiger partial charge in [-0.1, -0.05) is 19.8 Å². The zero-order valence-corrected chi connectivity index (χ0v) is 11.3. The zero-order valence-electron chi connectivity index (χ0n) is 11.3. The van der Waals surface area contributed by atoms with E-state index in [1.54, 1.807) is 0 Å². The van der Waals surface area contributed by atoms with Crippen molar-refractivity contribution in [1.82, 2.24) is 10.6 Å². The van der Waals surface area contributed by atoms with E-state index in [9.17, 15) is 0 Å². The number of nitrogens with one attached hydrogen (secondary N) is 2. The molecule has 1 saturated heterocycles. The van der Waals surface area contributed by atoms with Gasteiger partial charge < -0.3 is 10.6 Å². The second-order valence-corrected chi connectivity index (χ2v) is 7.03. The summed E-state index contributed by atoms with van der Waals surface area (Å²) in [7, 11) is 0. The molecule has 3 aliphatic rings. The van der Waals surface area contributed by atoms with Gasteiger partial charge in [0, 0.05) is 25.2 Å². The highest BCUT2D eigenvalue weighted by Crippen LogP contribution is 2.44. The first-order chi connectivity index (χ1) is 8.25. The Kier molecular flexibility index (Phi) is 3.45. The lowest BCUT2D eigenvalue weighted by atomic mass is 9.78. The molecule has 98 valence electrons. The second kappa shape index (κ2) is 4.89. The molecule has 0 aromatic carbocycles. The van der Waals surface area contributed by atoms with Gasteiger partial charge in [-0.25, -0.2) is 0 Å². The highest BCUT2D eigenvalue weighted by atomic mass is 15.0. The van der Waals surface area contributed by atoms with Crippen LogP contribution >= 0.6 is 0 Å². The summed E-state index contributed by atoms with van der Waals surface area (Å²) in [5, 5.41) is 7.59. The Balaban J connectivity index is 1.39. The molecule has 3 atom stereocenters. The van der Waals surface area contributed by atoms with Crippen LogP contribution in [0.15, 0.2) is 0 Å². The van der Waals surface area contributed by atoms with Crippen molar-refractivity contribution < 1.29 is 0 Å². The smallest absolute Gasteiger partial charge is 0.0195 e. The van der Waals surface area contributed by atoms with Gasteiger partial charge in [0.1, 0.15) is 0 Å². The van der Waals surface area contributed by atoms with Crippen LogP contribution in [-0.2, 0) is 0 Å². The van der Waals surface area contributed by atoms with Crippen molar-refractivity contribution in [3.63, 3.8) is 0 Å². The van der Waals surface area contributed by atoms with Crippen LogP contribution in [0.4, 0.5) is 0 Å². The van der Waals surface area contributed by atoms with Crippen LogP contribution < -0.4 is 10.6 Å². The lowest BCUT2D eigenvalue weighted by Gasteiger charge is -2.40. The molecule has 0 spiro atoms. The molecule has 1 heterocycles. The van der Waals surface area contributed by atoms with Gasteiger partial charge >= 0.3 is 0 Å². The Labute approximate surface area is 106 Å². The Hall–Kier alpha value is -0.0800. The molecule has 0 bridgehead atoms. The van der Waals surface area contributed by atoms with Crippen LogP contribution in [0.5, 0.6) is 0 Å². The van der Waals surface area contributed by atoms with E-state index in [0.717, 1.165) is 18.0 Å². The highest BCUT2D eigenvalue weighted by molar-refractivity contribution is 4.93. The topological polar surface area (TPSA) is 24.1 Å². The number of hydrogen-bond acceptors (Lipinski definition) is 2. The summed E-state index contributed by atoms with van der Waals surface area (Å²) >= 11 is 0. The molecular weight excluding hydrogens is 208 g/mol. The summed E-state index contributed by atoms with van der Waals surface area (Å²) in [5.41, 5.74) is 0.655. The molecule has 0 aromatic rings. The zero-order chi connectivity index (χ0) is 11.7. The molecule has 2 nitrogen and oxygen atoms in total. The van der Waals surface area contributed by atoms with Crippen LogP contribution in [0.2, 0.25) is 0 Å². The Morgan fingerprint density at radius 1 is 1.12 bits per heavy atom.